The number of hydrogen-bond acceptors (Lipinski definition) is 3. The minimum atomic E-state index is -2.39. The van der Waals surface area contributed by atoms with E-state index in [-0.39, 0.29) is 29.8 Å². The van der Waals surface area contributed by atoms with Crippen LogP contribution in [0.5, 0.6) is 0 Å². The zero-order valence-corrected chi connectivity index (χ0v) is 19.4. The minimum absolute atomic E-state index is 0.0194. The average Bonchev–Trinajstić information content (AvgIpc) is 2.69. The maximum Gasteiger partial charge on any atom is 0.348 e. The molecule has 0 aliphatic carbocycles. The number of halogens is 2. The molecular formula is C23H27F2N3O2Si. The van der Waals surface area contributed by atoms with Crippen LogP contribution in [0.1, 0.15) is 31.9 Å². The minimum Gasteiger partial charge on any atom is -0.268 e. The molecule has 0 amide bonds. The van der Waals surface area contributed by atoms with Crippen molar-refractivity contribution in [2.45, 2.75) is 52.0 Å². The van der Waals surface area contributed by atoms with Gasteiger partial charge >= 0.3 is 5.69 Å². The van der Waals surface area contributed by atoms with Crippen molar-refractivity contribution in [3.63, 3.8) is 0 Å². The predicted molar refractivity (Wildman–Crippen MR) is 121 cm³/mol. The van der Waals surface area contributed by atoms with Crippen molar-refractivity contribution < 1.29 is 8.78 Å². The lowest BCUT2D eigenvalue weighted by atomic mass is 10.2. The molecular weight excluding hydrogens is 416 g/mol. The van der Waals surface area contributed by atoms with Gasteiger partial charge in [0.2, 0.25) is 0 Å². The second kappa shape index (κ2) is 8.34. The first-order chi connectivity index (χ1) is 14.4. The van der Waals surface area contributed by atoms with E-state index in [0.29, 0.717) is 16.4 Å². The molecule has 0 saturated carbocycles. The van der Waals surface area contributed by atoms with Crippen LogP contribution in [-0.2, 0) is 13.1 Å². The number of nitrogens with zero attached hydrogens (tertiary/aromatic N) is 3. The molecule has 5 nitrogen and oxygen atoms in total. The third kappa shape index (κ3) is 4.74. The van der Waals surface area contributed by atoms with E-state index in [2.05, 4.69) is 39.0 Å². The van der Waals surface area contributed by atoms with Crippen molar-refractivity contribution >= 4 is 13.4 Å². The first-order valence-electron chi connectivity index (χ1n) is 10.1. The molecule has 8 heteroatoms. The Kier molecular flexibility index (Phi) is 6.13. The second-order valence-corrected chi connectivity index (χ2v) is 14.5. The monoisotopic (exact) mass is 443 g/mol. The lowest BCUT2D eigenvalue weighted by molar-refractivity contribution is 0.546. The molecule has 0 atom stereocenters. The number of aromatic nitrogens is 3. The third-order valence-electron chi connectivity index (χ3n) is 6.09. The summed E-state index contributed by atoms with van der Waals surface area (Å²) < 4.78 is 29.0. The van der Waals surface area contributed by atoms with Crippen molar-refractivity contribution in [3.05, 3.63) is 92.1 Å². The molecule has 31 heavy (non-hydrogen) atoms. The Morgan fingerprint density at radius 2 is 1.29 bits per heavy atom. The molecule has 3 aromatic rings. The highest BCUT2D eigenvalue weighted by atomic mass is 28.3. The summed E-state index contributed by atoms with van der Waals surface area (Å²) in [7, 11) is -2.39. The van der Waals surface area contributed by atoms with Gasteiger partial charge in [0.25, 0.3) is 5.56 Å². The van der Waals surface area contributed by atoms with Gasteiger partial charge in [0, 0.05) is 0 Å². The summed E-state index contributed by atoms with van der Waals surface area (Å²) in [6.07, 6.45) is 0. The van der Waals surface area contributed by atoms with Crippen molar-refractivity contribution in [1.29, 1.82) is 0 Å². The summed E-state index contributed by atoms with van der Waals surface area (Å²) >= 11 is 0. The van der Waals surface area contributed by atoms with Gasteiger partial charge in [-0.3, -0.25) is 9.36 Å². The van der Waals surface area contributed by atoms with E-state index in [9.17, 15) is 18.4 Å². The first-order valence-corrected chi connectivity index (χ1v) is 13.1. The Bertz CT molecular complexity index is 1190. The Morgan fingerprint density at radius 1 is 0.839 bits per heavy atom. The molecule has 0 saturated heterocycles. The van der Waals surface area contributed by atoms with Gasteiger partial charge in [0.1, 0.15) is 25.0 Å². The highest BCUT2D eigenvalue weighted by molar-refractivity contribution is 6.91. The predicted octanol–water partition coefficient (Wildman–Crippen LogP) is 3.50. The highest BCUT2D eigenvalue weighted by Crippen LogP contribution is 2.34. The van der Waals surface area contributed by atoms with E-state index in [4.69, 9.17) is 0 Å². The summed E-state index contributed by atoms with van der Waals surface area (Å²) in [6, 6.07) is 11.5. The number of hydrogen-bond donors (Lipinski definition) is 0. The van der Waals surface area contributed by atoms with Crippen LogP contribution in [0.4, 0.5) is 8.78 Å². The summed E-state index contributed by atoms with van der Waals surface area (Å²) in [4.78, 5) is 26.6. The van der Waals surface area contributed by atoms with E-state index >= 15 is 0 Å². The zero-order chi connectivity index (χ0) is 23.0. The van der Waals surface area contributed by atoms with Gasteiger partial charge < -0.3 is 0 Å². The lowest BCUT2D eigenvalue weighted by Crippen LogP contribution is -2.63. The fourth-order valence-electron chi connectivity index (χ4n) is 3.09. The molecule has 0 spiro atoms. The molecule has 1 heterocycles. The van der Waals surface area contributed by atoms with E-state index in [1.807, 2.05) is 0 Å². The van der Waals surface area contributed by atoms with Crippen LogP contribution < -0.4 is 16.6 Å². The topological polar surface area (TPSA) is 56.9 Å². The van der Waals surface area contributed by atoms with Crippen molar-refractivity contribution in [1.82, 2.24) is 14.3 Å². The van der Waals surface area contributed by atoms with Crippen LogP contribution >= 0.6 is 0 Å². The normalized spacial score (nSPS) is 12.2. The number of benzene rings is 2. The van der Waals surface area contributed by atoms with Crippen molar-refractivity contribution in [2.75, 3.05) is 0 Å². The first kappa shape index (κ1) is 22.8. The molecule has 0 unspecified atom stereocenters. The molecule has 0 bridgehead atoms. The molecule has 0 N–H and O–H groups in total. The molecule has 0 aliphatic heterocycles. The van der Waals surface area contributed by atoms with Crippen LogP contribution in [0.3, 0.4) is 0 Å². The fraction of sp³-hybridized carbons (Fsp3) is 0.348. The quantitative estimate of drug-likeness (QED) is 0.567. The zero-order valence-electron chi connectivity index (χ0n) is 18.4. The Hall–Kier alpha value is -2.87. The summed E-state index contributed by atoms with van der Waals surface area (Å²) in [5, 5.41) is 4.75. The van der Waals surface area contributed by atoms with Gasteiger partial charge in [0.05, 0.1) is 13.1 Å². The van der Waals surface area contributed by atoms with Crippen LogP contribution in [-0.4, -0.2) is 22.4 Å². The standard InChI is InChI=1S/C23H27F2N3O2Si/c1-23(2,3)31(4,5)20-21(29)27(14-16-6-10-18(24)11-7-16)22(30)28(26-20)15-17-8-12-19(25)13-9-17/h6-13H,14-15H2,1-5H3. The van der Waals surface area contributed by atoms with Gasteiger partial charge in [-0.2, -0.15) is 5.10 Å². The van der Waals surface area contributed by atoms with Crippen LogP contribution in [0.15, 0.2) is 58.1 Å². The number of rotatable bonds is 5. The lowest BCUT2D eigenvalue weighted by Gasteiger charge is -2.35. The van der Waals surface area contributed by atoms with Crippen molar-refractivity contribution in [3.8, 4) is 0 Å². The average molecular weight is 444 g/mol. The molecule has 0 aliphatic rings. The Balaban J connectivity index is 2.19. The second-order valence-electron chi connectivity index (χ2n) is 9.31. The largest absolute Gasteiger partial charge is 0.348 e. The van der Waals surface area contributed by atoms with Crippen LogP contribution in [0.25, 0.3) is 0 Å². The molecule has 2 aromatic carbocycles. The van der Waals surface area contributed by atoms with E-state index in [0.717, 1.165) is 0 Å². The summed E-state index contributed by atoms with van der Waals surface area (Å²) in [5.41, 5.74) is 0.378. The molecule has 3 rings (SSSR count). The summed E-state index contributed by atoms with van der Waals surface area (Å²) in [6.45, 7) is 10.5. The fourth-order valence-corrected chi connectivity index (χ4v) is 4.84. The molecule has 164 valence electrons. The van der Waals surface area contributed by atoms with Gasteiger partial charge in [-0.1, -0.05) is 58.1 Å². The Morgan fingerprint density at radius 3 is 1.74 bits per heavy atom. The van der Waals surface area contributed by atoms with E-state index < -0.39 is 19.3 Å². The maximum absolute atomic E-state index is 13.4. The van der Waals surface area contributed by atoms with E-state index in [1.54, 1.807) is 24.3 Å². The van der Waals surface area contributed by atoms with Crippen LogP contribution in [0, 0.1) is 11.6 Å². The van der Waals surface area contributed by atoms with E-state index in [1.165, 1.54) is 33.5 Å². The highest BCUT2D eigenvalue weighted by Gasteiger charge is 2.41. The SMILES string of the molecule is CC(C)(C)[Si](C)(C)c1nn(Cc2ccc(F)cc2)c(=O)n(Cc2ccc(F)cc2)c1=O. The van der Waals surface area contributed by atoms with Gasteiger partial charge in [-0.25, -0.2) is 18.3 Å². The Labute approximate surface area is 181 Å². The van der Waals surface area contributed by atoms with Gasteiger partial charge in [0.15, 0.2) is 0 Å². The molecule has 0 fully saturated rings. The third-order valence-corrected chi connectivity index (χ3v) is 11.3. The van der Waals surface area contributed by atoms with Gasteiger partial charge in [-0.15, -0.1) is 0 Å². The molecule has 0 radical (unpaired) electrons. The smallest absolute Gasteiger partial charge is 0.268 e. The maximum atomic E-state index is 13.4. The van der Waals surface area contributed by atoms with Gasteiger partial charge in [-0.05, 0) is 40.4 Å². The van der Waals surface area contributed by atoms with Crippen molar-refractivity contribution in [2.24, 2.45) is 0 Å². The van der Waals surface area contributed by atoms with Crippen LogP contribution in [0.2, 0.25) is 18.1 Å². The summed E-state index contributed by atoms with van der Waals surface area (Å²) in [5.74, 6) is -0.756. The molecule has 1 aromatic heterocycles.